The highest BCUT2D eigenvalue weighted by molar-refractivity contribution is 6.28. The topological polar surface area (TPSA) is 47.6 Å². The minimum absolute atomic E-state index is 0.0276. The molecule has 0 unspecified atom stereocenters. The molecular weight excluding hydrogens is 257 g/mol. The van der Waals surface area contributed by atoms with Crippen molar-refractivity contribution in [1.82, 2.24) is 0 Å². The molecule has 0 radical (unpaired) electrons. The lowest BCUT2D eigenvalue weighted by molar-refractivity contribution is 0.0822. The summed E-state index contributed by atoms with van der Waals surface area (Å²) in [5.41, 5.74) is 5.40. The van der Waals surface area contributed by atoms with Crippen molar-refractivity contribution in [2.24, 2.45) is 10.7 Å². The standard InChI is InChI=1S/C10H10ClF3N2O/c11-4-10(15)16-7-3-6(12)1-2-8(7)17-5-9(13)14/h1-3,9H,4-5H2,(H2,15,16). The quantitative estimate of drug-likeness (QED) is 0.506. The van der Waals surface area contributed by atoms with E-state index < -0.39 is 18.8 Å². The van der Waals surface area contributed by atoms with Crippen LogP contribution < -0.4 is 10.5 Å². The molecule has 1 rings (SSSR count). The summed E-state index contributed by atoms with van der Waals surface area (Å²) in [6, 6.07) is 3.31. The van der Waals surface area contributed by atoms with Gasteiger partial charge in [0.2, 0.25) is 0 Å². The lowest BCUT2D eigenvalue weighted by Gasteiger charge is -2.08. The second kappa shape index (κ2) is 6.34. The van der Waals surface area contributed by atoms with Gasteiger partial charge < -0.3 is 10.5 Å². The maximum absolute atomic E-state index is 13.0. The molecule has 3 nitrogen and oxygen atoms in total. The molecule has 94 valence electrons. The van der Waals surface area contributed by atoms with Gasteiger partial charge in [-0.15, -0.1) is 11.6 Å². The number of benzene rings is 1. The Balaban J connectivity index is 2.95. The van der Waals surface area contributed by atoms with Crippen LogP contribution in [-0.2, 0) is 0 Å². The Hall–Kier alpha value is -1.43. The van der Waals surface area contributed by atoms with Gasteiger partial charge in [-0.2, -0.15) is 0 Å². The van der Waals surface area contributed by atoms with Gasteiger partial charge >= 0.3 is 0 Å². The first kappa shape index (κ1) is 13.6. The molecule has 1 aromatic carbocycles. The molecule has 0 amide bonds. The van der Waals surface area contributed by atoms with Gasteiger partial charge in [0.25, 0.3) is 6.43 Å². The first-order valence-corrected chi connectivity index (χ1v) is 5.16. The average Bonchev–Trinajstić information content (AvgIpc) is 2.27. The number of hydrogen-bond donors (Lipinski definition) is 1. The number of halogens is 4. The highest BCUT2D eigenvalue weighted by atomic mass is 35.5. The zero-order valence-electron chi connectivity index (χ0n) is 8.67. The molecule has 0 saturated carbocycles. The fraction of sp³-hybridized carbons (Fsp3) is 0.300. The van der Waals surface area contributed by atoms with Gasteiger partial charge in [-0.3, -0.25) is 0 Å². The SMILES string of the molecule is NC(CCl)=Nc1cc(F)ccc1OCC(F)F. The summed E-state index contributed by atoms with van der Waals surface area (Å²) in [7, 11) is 0. The molecular formula is C10H10ClF3N2O. The monoisotopic (exact) mass is 266 g/mol. The van der Waals surface area contributed by atoms with Gasteiger partial charge in [-0.1, -0.05) is 0 Å². The number of alkyl halides is 3. The lowest BCUT2D eigenvalue weighted by atomic mass is 10.3. The van der Waals surface area contributed by atoms with Crippen LogP contribution in [0.15, 0.2) is 23.2 Å². The van der Waals surface area contributed by atoms with Crippen LogP contribution in [0.5, 0.6) is 5.75 Å². The first-order valence-electron chi connectivity index (χ1n) is 4.62. The molecule has 17 heavy (non-hydrogen) atoms. The van der Waals surface area contributed by atoms with Crippen LogP contribution in [0.2, 0.25) is 0 Å². The number of nitrogens with zero attached hydrogens (tertiary/aromatic N) is 1. The summed E-state index contributed by atoms with van der Waals surface area (Å²) in [6.07, 6.45) is -2.62. The summed E-state index contributed by atoms with van der Waals surface area (Å²) in [5.74, 6) is -0.556. The van der Waals surface area contributed by atoms with Crippen molar-refractivity contribution in [3.05, 3.63) is 24.0 Å². The molecule has 0 aliphatic rings. The van der Waals surface area contributed by atoms with Gasteiger partial charge in [-0.25, -0.2) is 18.2 Å². The van der Waals surface area contributed by atoms with Gasteiger partial charge in [0.15, 0.2) is 0 Å². The van der Waals surface area contributed by atoms with Crippen LogP contribution in [0.25, 0.3) is 0 Å². The Morgan fingerprint density at radius 3 is 2.76 bits per heavy atom. The Bertz CT molecular complexity index is 413. The average molecular weight is 267 g/mol. The van der Waals surface area contributed by atoms with Crippen LogP contribution in [0.4, 0.5) is 18.9 Å². The highest BCUT2D eigenvalue weighted by Crippen LogP contribution is 2.28. The molecule has 2 N–H and O–H groups in total. The van der Waals surface area contributed by atoms with Crippen molar-refractivity contribution in [3.63, 3.8) is 0 Å². The fourth-order valence-corrected chi connectivity index (χ4v) is 1.10. The summed E-state index contributed by atoms with van der Waals surface area (Å²) in [4.78, 5) is 3.77. The van der Waals surface area contributed by atoms with Crippen LogP contribution in [0.3, 0.4) is 0 Å². The van der Waals surface area contributed by atoms with Crippen LogP contribution >= 0.6 is 11.6 Å². The number of ether oxygens (including phenoxy) is 1. The zero-order chi connectivity index (χ0) is 12.8. The minimum Gasteiger partial charge on any atom is -0.485 e. The largest absolute Gasteiger partial charge is 0.485 e. The lowest BCUT2D eigenvalue weighted by Crippen LogP contribution is -2.12. The van der Waals surface area contributed by atoms with E-state index in [0.717, 1.165) is 12.1 Å². The highest BCUT2D eigenvalue weighted by Gasteiger charge is 2.09. The van der Waals surface area contributed by atoms with Gasteiger partial charge in [0, 0.05) is 6.07 Å². The van der Waals surface area contributed by atoms with Gasteiger partial charge in [0.05, 0.1) is 5.88 Å². The van der Waals surface area contributed by atoms with Crippen LogP contribution in [-0.4, -0.2) is 24.7 Å². The second-order valence-electron chi connectivity index (χ2n) is 3.05. The van der Waals surface area contributed by atoms with Gasteiger partial charge in [-0.05, 0) is 12.1 Å². The molecule has 0 aliphatic heterocycles. The predicted molar refractivity (Wildman–Crippen MR) is 59.9 cm³/mol. The Labute approximate surface area is 101 Å². The number of amidine groups is 1. The van der Waals surface area contributed by atoms with Crippen molar-refractivity contribution in [1.29, 1.82) is 0 Å². The van der Waals surface area contributed by atoms with E-state index in [4.69, 9.17) is 22.1 Å². The van der Waals surface area contributed by atoms with E-state index in [1.165, 1.54) is 6.07 Å². The molecule has 7 heteroatoms. The third-order valence-corrected chi connectivity index (χ3v) is 1.96. The third kappa shape index (κ3) is 4.52. The summed E-state index contributed by atoms with van der Waals surface area (Å²) in [5, 5.41) is 0. The first-order chi connectivity index (χ1) is 8.02. The van der Waals surface area contributed by atoms with E-state index in [1.807, 2.05) is 0 Å². The Morgan fingerprint density at radius 1 is 1.47 bits per heavy atom. The molecule has 0 fully saturated rings. The van der Waals surface area contributed by atoms with E-state index >= 15 is 0 Å². The second-order valence-corrected chi connectivity index (χ2v) is 3.32. The summed E-state index contributed by atoms with van der Waals surface area (Å²) >= 11 is 5.41. The molecule has 1 aromatic rings. The smallest absolute Gasteiger partial charge is 0.272 e. The molecule has 0 aliphatic carbocycles. The minimum atomic E-state index is -2.62. The Morgan fingerprint density at radius 2 is 2.18 bits per heavy atom. The van der Waals surface area contributed by atoms with E-state index in [0.29, 0.717) is 0 Å². The normalized spacial score (nSPS) is 11.9. The molecule has 0 saturated heterocycles. The van der Waals surface area contributed by atoms with Crippen molar-refractivity contribution in [2.75, 3.05) is 12.5 Å². The zero-order valence-corrected chi connectivity index (χ0v) is 9.42. The van der Waals surface area contributed by atoms with Crippen molar-refractivity contribution in [3.8, 4) is 5.75 Å². The van der Waals surface area contributed by atoms with Crippen molar-refractivity contribution in [2.45, 2.75) is 6.43 Å². The van der Waals surface area contributed by atoms with Crippen molar-refractivity contribution >= 4 is 23.1 Å². The number of aliphatic imine (C=N–C) groups is 1. The maximum Gasteiger partial charge on any atom is 0.272 e. The molecule has 0 atom stereocenters. The van der Waals surface area contributed by atoms with Crippen LogP contribution in [0, 0.1) is 5.82 Å². The van der Waals surface area contributed by atoms with Gasteiger partial charge in [0.1, 0.15) is 29.7 Å². The molecule has 0 bridgehead atoms. The predicted octanol–water partition coefficient (Wildman–Crippen LogP) is 2.70. The number of rotatable bonds is 5. The summed E-state index contributed by atoms with van der Waals surface area (Å²) < 4.78 is 41.7. The van der Waals surface area contributed by atoms with Crippen molar-refractivity contribution < 1.29 is 17.9 Å². The Kier molecular flexibility index (Phi) is 5.09. The van der Waals surface area contributed by atoms with E-state index in [-0.39, 0.29) is 23.2 Å². The molecule has 0 spiro atoms. The number of nitrogens with two attached hydrogens (primary N) is 1. The fourth-order valence-electron chi connectivity index (χ4n) is 1.04. The third-order valence-electron chi connectivity index (χ3n) is 1.69. The molecule has 0 aromatic heterocycles. The van der Waals surface area contributed by atoms with Crippen LogP contribution in [0.1, 0.15) is 0 Å². The molecule has 0 heterocycles. The van der Waals surface area contributed by atoms with E-state index in [1.54, 1.807) is 0 Å². The maximum atomic E-state index is 13.0. The van der Waals surface area contributed by atoms with E-state index in [2.05, 4.69) is 4.99 Å². The summed E-state index contributed by atoms with van der Waals surface area (Å²) in [6.45, 7) is -0.797. The number of hydrogen-bond acceptors (Lipinski definition) is 2. The van der Waals surface area contributed by atoms with E-state index in [9.17, 15) is 13.2 Å².